The molecular formula is C15H10Cl2O4S. The van der Waals surface area contributed by atoms with E-state index >= 15 is 0 Å². The van der Waals surface area contributed by atoms with Crippen molar-refractivity contribution in [3.63, 3.8) is 0 Å². The van der Waals surface area contributed by atoms with Crippen LogP contribution in [0.1, 0.15) is 28.4 Å². The topological polar surface area (TPSA) is 63.6 Å². The smallest absolute Gasteiger partial charge is 0.348 e. The summed E-state index contributed by atoms with van der Waals surface area (Å²) in [5.74, 6) is -1.11. The maximum atomic E-state index is 12.5. The van der Waals surface area contributed by atoms with Gasteiger partial charge in [-0.1, -0.05) is 23.2 Å². The van der Waals surface area contributed by atoms with E-state index < -0.39 is 11.6 Å². The van der Waals surface area contributed by atoms with Gasteiger partial charge in [-0.2, -0.15) is 11.3 Å². The molecule has 0 fully saturated rings. The van der Waals surface area contributed by atoms with Crippen LogP contribution in [0.5, 0.6) is 5.75 Å². The van der Waals surface area contributed by atoms with Gasteiger partial charge in [-0.05, 0) is 24.4 Å². The Labute approximate surface area is 140 Å². The lowest BCUT2D eigenvalue weighted by molar-refractivity contribution is -0.152. The molecule has 0 aliphatic carbocycles. The van der Waals surface area contributed by atoms with E-state index in [9.17, 15) is 14.7 Å². The molecule has 0 radical (unpaired) electrons. The van der Waals surface area contributed by atoms with Crippen molar-refractivity contribution in [1.29, 1.82) is 0 Å². The molecule has 1 unspecified atom stereocenters. The molecule has 0 bridgehead atoms. The highest BCUT2D eigenvalue weighted by molar-refractivity contribution is 7.08. The van der Waals surface area contributed by atoms with Crippen molar-refractivity contribution in [2.75, 3.05) is 0 Å². The number of aliphatic carboxylic acids is 1. The first-order valence-corrected chi connectivity index (χ1v) is 8.03. The van der Waals surface area contributed by atoms with Crippen molar-refractivity contribution in [3.8, 4) is 5.75 Å². The van der Waals surface area contributed by atoms with Crippen molar-refractivity contribution in [2.45, 2.75) is 18.9 Å². The predicted octanol–water partition coefficient (Wildman–Crippen LogP) is 4.06. The number of carbonyl (C=O) groups excluding carboxylic acids is 1. The fraction of sp³-hybridized carbons (Fsp3) is 0.200. The van der Waals surface area contributed by atoms with E-state index in [1.165, 1.54) is 18.3 Å². The highest BCUT2D eigenvalue weighted by Crippen LogP contribution is 2.45. The van der Waals surface area contributed by atoms with Gasteiger partial charge >= 0.3 is 5.97 Å². The van der Waals surface area contributed by atoms with Crippen LogP contribution in [-0.2, 0) is 11.2 Å². The zero-order chi connectivity index (χ0) is 16.1. The molecule has 1 N–H and O–H groups in total. The Morgan fingerprint density at radius 1 is 1.36 bits per heavy atom. The molecule has 0 saturated carbocycles. The molecule has 1 aliphatic heterocycles. The molecule has 2 aromatic rings. The van der Waals surface area contributed by atoms with Crippen LogP contribution in [0.3, 0.4) is 0 Å². The number of carboxylic acids is 1. The number of ether oxygens (including phenoxy) is 1. The van der Waals surface area contributed by atoms with Crippen LogP contribution in [0.2, 0.25) is 10.0 Å². The normalized spacial score (nSPS) is 19.6. The lowest BCUT2D eigenvalue weighted by Crippen LogP contribution is -2.39. The van der Waals surface area contributed by atoms with Gasteiger partial charge in [0.25, 0.3) is 0 Å². The standard InChI is InChI=1S/C15H10Cl2O4S/c1-15(14(19)20)5-8-4-9(10(16)11(17)13(8)21-15)12(18)7-2-3-22-6-7/h2-4,6H,5H2,1H3,(H,19,20). The van der Waals surface area contributed by atoms with Crippen LogP contribution >= 0.6 is 34.5 Å². The van der Waals surface area contributed by atoms with E-state index in [0.29, 0.717) is 11.1 Å². The largest absolute Gasteiger partial charge is 0.478 e. The molecule has 1 aromatic carbocycles. The number of halogens is 2. The Morgan fingerprint density at radius 2 is 2.09 bits per heavy atom. The molecule has 2 heterocycles. The number of thiophene rings is 1. The van der Waals surface area contributed by atoms with Crippen LogP contribution in [-0.4, -0.2) is 22.5 Å². The minimum Gasteiger partial charge on any atom is -0.478 e. The van der Waals surface area contributed by atoms with Crippen LogP contribution < -0.4 is 4.74 Å². The summed E-state index contributed by atoms with van der Waals surface area (Å²) in [6, 6.07) is 3.26. The second-order valence-corrected chi connectivity index (χ2v) is 6.73. The first-order valence-electron chi connectivity index (χ1n) is 6.33. The second-order valence-electron chi connectivity index (χ2n) is 5.20. The molecule has 0 spiro atoms. The van der Waals surface area contributed by atoms with Crippen molar-refractivity contribution in [3.05, 3.63) is 49.6 Å². The first-order chi connectivity index (χ1) is 10.3. The molecule has 0 amide bonds. The summed E-state index contributed by atoms with van der Waals surface area (Å²) in [6.45, 7) is 1.46. The van der Waals surface area contributed by atoms with Crippen LogP contribution in [0, 0.1) is 0 Å². The Kier molecular flexibility index (Phi) is 3.67. The summed E-state index contributed by atoms with van der Waals surface area (Å²) in [5, 5.41) is 12.9. The Balaban J connectivity index is 2.09. The van der Waals surface area contributed by atoms with Gasteiger partial charge in [0.2, 0.25) is 5.60 Å². The number of hydrogen-bond acceptors (Lipinski definition) is 4. The maximum Gasteiger partial charge on any atom is 0.348 e. The number of benzene rings is 1. The summed E-state index contributed by atoms with van der Waals surface area (Å²) in [7, 11) is 0. The maximum absolute atomic E-state index is 12.5. The third-order valence-electron chi connectivity index (χ3n) is 3.57. The fourth-order valence-electron chi connectivity index (χ4n) is 2.36. The molecule has 4 nitrogen and oxygen atoms in total. The molecule has 3 rings (SSSR count). The monoisotopic (exact) mass is 356 g/mol. The summed E-state index contributed by atoms with van der Waals surface area (Å²) < 4.78 is 5.47. The second kappa shape index (κ2) is 5.26. The quantitative estimate of drug-likeness (QED) is 0.842. The number of carbonyl (C=O) groups is 2. The van der Waals surface area contributed by atoms with Gasteiger partial charge < -0.3 is 9.84 Å². The Morgan fingerprint density at radius 3 is 2.68 bits per heavy atom. The van der Waals surface area contributed by atoms with Gasteiger partial charge in [0, 0.05) is 28.5 Å². The average molecular weight is 357 g/mol. The highest BCUT2D eigenvalue weighted by Gasteiger charge is 2.44. The zero-order valence-corrected chi connectivity index (χ0v) is 13.7. The van der Waals surface area contributed by atoms with Crippen molar-refractivity contribution in [1.82, 2.24) is 0 Å². The lowest BCUT2D eigenvalue weighted by atomic mass is 9.96. The summed E-state index contributed by atoms with van der Waals surface area (Å²) in [4.78, 5) is 23.8. The van der Waals surface area contributed by atoms with Crippen molar-refractivity contribution >= 4 is 46.3 Å². The minimum absolute atomic E-state index is 0.0720. The molecule has 114 valence electrons. The highest BCUT2D eigenvalue weighted by atomic mass is 35.5. The molecule has 1 aromatic heterocycles. The molecular weight excluding hydrogens is 347 g/mol. The first kappa shape index (κ1) is 15.3. The number of rotatable bonds is 3. The summed E-state index contributed by atoms with van der Waals surface area (Å²) >= 11 is 13.8. The van der Waals surface area contributed by atoms with Crippen molar-refractivity contribution < 1.29 is 19.4 Å². The summed E-state index contributed by atoms with van der Waals surface area (Å²) in [6.07, 6.45) is 0.123. The van der Waals surface area contributed by atoms with Gasteiger partial charge in [0.05, 0.1) is 5.02 Å². The van der Waals surface area contributed by atoms with Crippen molar-refractivity contribution in [2.24, 2.45) is 0 Å². The van der Waals surface area contributed by atoms with Crippen LogP contribution in [0.25, 0.3) is 0 Å². The van der Waals surface area contributed by atoms with Gasteiger partial charge in [-0.15, -0.1) is 0 Å². The zero-order valence-electron chi connectivity index (χ0n) is 11.4. The molecule has 1 aliphatic rings. The third kappa shape index (κ3) is 2.29. The van der Waals surface area contributed by atoms with Gasteiger partial charge in [-0.25, -0.2) is 4.79 Å². The number of fused-ring (bicyclic) bond motifs is 1. The fourth-order valence-corrected chi connectivity index (χ4v) is 3.49. The van der Waals surface area contributed by atoms with Gasteiger partial charge in [0.1, 0.15) is 10.8 Å². The van der Waals surface area contributed by atoms with E-state index in [1.54, 1.807) is 22.9 Å². The summed E-state index contributed by atoms with van der Waals surface area (Å²) in [5.41, 5.74) is -0.0675. The molecule has 1 atom stereocenters. The SMILES string of the molecule is CC1(C(=O)O)Cc2cc(C(=O)c3ccsc3)c(Cl)c(Cl)c2O1. The third-order valence-corrected chi connectivity index (χ3v) is 5.11. The number of carboxylic acid groups (broad SMARTS) is 1. The Hall–Kier alpha value is -1.56. The predicted molar refractivity (Wildman–Crippen MR) is 84.6 cm³/mol. The minimum atomic E-state index is -1.40. The van der Waals surface area contributed by atoms with E-state index in [1.807, 2.05) is 0 Å². The average Bonchev–Trinajstić information content (AvgIpc) is 3.10. The number of ketones is 1. The lowest BCUT2D eigenvalue weighted by Gasteiger charge is -2.18. The molecule has 7 heteroatoms. The van der Waals surface area contributed by atoms with Crippen LogP contribution in [0.15, 0.2) is 22.9 Å². The Bertz CT molecular complexity index is 785. The number of hydrogen-bond donors (Lipinski definition) is 1. The van der Waals surface area contributed by atoms with E-state index in [2.05, 4.69) is 0 Å². The van der Waals surface area contributed by atoms with E-state index in [-0.39, 0.29) is 33.6 Å². The molecule has 0 saturated heterocycles. The van der Waals surface area contributed by atoms with Gasteiger partial charge in [-0.3, -0.25) is 4.79 Å². The van der Waals surface area contributed by atoms with E-state index in [0.717, 1.165) is 0 Å². The van der Waals surface area contributed by atoms with E-state index in [4.69, 9.17) is 27.9 Å². The molecule has 22 heavy (non-hydrogen) atoms. The van der Waals surface area contributed by atoms with Gasteiger partial charge in [0.15, 0.2) is 5.78 Å². The van der Waals surface area contributed by atoms with Crippen LogP contribution in [0.4, 0.5) is 0 Å².